The van der Waals surface area contributed by atoms with E-state index in [9.17, 15) is 4.79 Å². The molecular weight excluding hydrogens is 296 g/mol. The number of ether oxygens (including phenoxy) is 1. The van der Waals surface area contributed by atoms with Crippen molar-refractivity contribution in [2.75, 3.05) is 24.5 Å². The van der Waals surface area contributed by atoms with Gasteiger partial charge >= 0.3 is 0 Å². The molecule has 0 radical (unpaired) electrons. The Morgan fingerprint density at radius 2 is 2.29 bits per heavy atom. The van der Waals surface area contributed by atoms with E-state index in [1.165, 1.54) is 13.2 Å². The number of carbonyl (C=O) groups excluding carboxylic acids is 1. The number of hydrogen-bond acceptors (Lipinski definition) is 6. The molecule has 1 amide bonds. The van der Waals surface area contributed by atoms with Crippen LogP contribution in [0.2, 0.25) is 5.02 Å². The number of hydrogen-bond donors (Lipinski definition) is 4. The minimum Gasteiger partial charge on any atom is -0.382 e. The van der Waals surface area contributed by atoms with Crippen molar-refractivity contribution >= 4 is 40.4 Å². The molecule has 1 aromatic carbocycles. The molecule has 0 aliphatic carbocycles. The molecule has 1 rings (SSSR count). The second-order valence-corrected chi connectivity index (χ2v) is 4.21. The summed E-state index contributed by atoms with van der Waals surface area (Å²) in [5, 5.41) is 22.6. The van der Waals surface area contributed by atoms with E-state index in [1.54, 1.807) is 18.2 Å². The predicted octanol–water partition coefficient (Wildman–Crippen LogP) is 1.15. The normalized spacial score (nSPS) is 10.6. The zero-order chi connectivity index (χ0) is 15.8. The van der Waals surface area contributed by atoms with Gasteiger partial charge in [-0.25, -0.2) is 0 Å². The minimum atomic E-state index is -0.475. The van der Waals surface area contributed by atoms with Crippen LogP contribution in [0.3, 0.4) is 0 Å². The zero-order valence-corrected chi connectivity index (χ0v) is 11.9. The highest BCUT2D eigenvalue weighted by Gasteiger charge is 2.08. The fraction of sp³-hybridized carbons (Fsp3) is 0.167. The fourth-order valence-corrected chi connectivity index (χ4v) is 1.47. The van der Waals surface area contributed by atoms with Crippen LogP contribution < -0.4 is 16.5 Å². The number of rotatable bonds is 6. The van der Waals surface area contributed by atoms with Crippen LogP contribution in [0.4, 0.5) is 11.4 Å². The Hall–Kier alpha value is -2.63. The maximum atomic E-state index is 11.5. The summed E-state index contributed by atoms with van der Waals surface area (Å²) in [7, 11) is 1.40. The van der Waals surface area contributed by atoms with Crippen molar-refractivity contribution in [3.8, 4) is 6.07 Å². The summed E-state index contributed by atoms with van der Waals surface area (Å²) in [4.78, 5) is 11.5. The summed E-state index contributed by atoms with van der Waals surface area (Å²) in [5.74, 6) is -0.837. The van der Waals surface area contributed by atoms with Crippen molar-refractivity contribution in [2.45, 2.75) is 0 Å². The summed E-state index contributed by atoms with van der Waals surface area (Å²) in [6.07, 6.45) is 0. The molecule has 0 aliphatic rings. The molecule has 1 aromatic rings. The fourth-order valence-electron chi connectivity index (χ4n) is 1.30. The number of methoxy groups -OCH3 is 1. The van der Waals surface area contributed by atoms with Gasteiger partial charge in [0.2, 0.25) is 11.6 Å². The molecule has 0 bridgehead atoms. The number of nitrogens with zero attached hydrogens (tertiary/aromatic N) is 2. The Kier molecular flexibility index (Phi) is 6.13. The highest BCUT2D eigenvalue weighted by atomic mass is 35.5. The van der Waals surface area contributed by atoms with Crippen LogP contribution in [0.15, 0.2) is 23.3 Å². The summed E-state index contributed by atoms with van der Waals surface area (Å²) in [6.45, 7) is -0.109. The average Bonchev–Trinajstić information content (AvgIpc) is 2.42. The van der Waals surface area contributed by atoms with Crippen molar-refractivity contribution in [3.63, 3.8) is 0 Å². The van der Waals surface area contributed by atoms with E-state index in [1.807, 2.05) is 0 Å². The van der Waals surface area contributed by atoms with E-state index in [4.69, 9.17) is 32.7 Å². The van der Waals surface area contributed by atoms with Crippen molar-refractivity contribution in [2.24, 2.45) is 10.8 Å². The lowest BCUT2D eigenvalue weighted by Gasteiger charge is -2.11. The first-order valence-electron chi connectivity index (χ1n) is 5.64. The lowest BCUT2D eigenvalue weighted by atomic mass is 10.2. The Balaban J connectivity index is 3.00. The number of nitrogens with one attached hydrogen (secondary N) is 3. The third-order valence-corrected chi connectivity index (χ3v) is 2.42. The van der Waals surface area contributed by atoms with Crippen molar-refractivity contribution in [1.29, 1.82) is 10.7 Å². The van der Waals surface area contributed by atoms with Gasteiger partial charge in [-0.1, -0.05) is 11.6 Å². The molecule has 0 saturated heterocycles. The monoisotopic (exact) mass is 308 g/mol. The Labute approximate surface area is 126 Å². The number of anilines is 2. The van der Waals surface area contributed by atoms with Gasteiger partial charge in [-0.2, -0.15) is 10.4 Å². The van der Waals surface area contributed by atoms with Crippen LogP contribution in [0, 0.1) is 16.7 Å². The number of halogens is 1. The summed E-state index contributed by atoms with van der Waals surface area (Å²) >= 11 is 5.87. The summed E-state index contributed by atoms with van der Waals surface area (Å²) < 4.78 is 4.71. The molecule has 0 atom stereocenters. The van der Waals surface area contributed by atoms with Crippen LogP contribution in [0.1, 0.15) is 0 Å². The lowest BCUT2D eigenvalue weighted by molar-refractivity contribution is -0.119. The minimum absolute atomic E-state index is 0.109. The molecule has 0 aliphatic heterocycles. The molecule has 8 nitrogen and oxygen atoms in total. The SMILES string of the molecule is COCC(=O)Nc1ccc(Cl)cc1N/N=C(\C#N)C(=N)N. The molecule has 0 fully saturated rings. The van der Waals surface area contributed by atoms with Gasteiger partial charge in [-0.15, -0.1) is 0 Å². The van der Waals surface area contributed by atoms with E-state index in [0.717, 1.165) is 0 Å². The van der Waals surface area contributed by atoms with Crippen LogP contribution in [0.5, 0.6) is 0 Å². The van der Waals surface area contributed by atoms with Gasteiger partial charge in [0.25, 0.3) is 0 Å². The molecule has 0 heterocycles. The lowest BCUT2D eigenvalue weighted by Crippen LogP contribution is -2.22. The second-order valence-electron chi connectivity index (χ2n) is 3.77. The van der Waals surface area contributed by atoms with Crippen LogP contribution in [-0.2, 0) is 9.53 Å². The molecule has 0 spiro atoms. The van der Waals surface area contributed by atoms with Gasteiger partial charge in [0, 0.05) is 12.1 Å². The number of nitrogens with two attached hydrogens (primary N) is 1. The van der Waals surface area contributed by atoms with E-state index in [2.05, 4.69) is 15.8 Å². The maximum absolute atomic E-state index is 11.5. The van der Waals surface area contributed by atoms with E-state index >= 15 is 0 Å². The molecule has 0 saturated carbocycles. The Morgan fingerprint density at radius 1 is 1.57 bits per heavy atom. The van der Waals surface area contributed by atoms with Crippen molar-refractivity contribution in [3.05, 3.63) is 23.2 Å². The van der Waals surface area contributed by atoms with Gasteiger partial charge in [0.15, 0.2) is 5.84 Å². The topological polar surface area (TPSA) is 136 Å². The standard InChI is InChI=1S/C12H13ClN6O2/c1-21-6-11(20)17-8-3-2-7(13)4-9(8)18-19-10(5-14)12(15)16/h2-4,18H,6H2,1H3,(H3,15,16)(H,17,20)/b19-10+. The number of hydrazone groups is 1. The van der Waals surface area contributed by atoms with Gasteiger partial charge in [-0.05, 0) is 18.2 Å². The number of amides is 1. The van der Waals surface area contributed by atoms with Gasteiger partial charge in [0.05, 0.1) is 11.4 Å². The molecule has 9 heteroatoms. The van der Waals surface area contributed by atoms with E-state index in [-0.39, 0.29) is 18.2 Å². The summed E-state index contributed by atoms with van der Waals surface area (Å²) in [6, 6.07) is 6.31. The molecular formula is C12H13ClN6O2. The van der Waals surface area contributed by atoms with E-state index in [0.29, 0.717) is 16.4 Å². The maximum Gasteiger partial charge on any atom is 0.250 e. The smallest absolute Gasteiger partial charge is 0.250 e. The highest BCUT2D eigenvalue weighted by molar-refractivity contribution is 6.45. The first-order chi connectivity index (χ1) is 9.97. The molecule has 0 aromatic heterocycles. The second kappa shape index (κ2) is 7.84. The summed E-state index contributed by atoms with van der Waals surface area (Å²) in [5.41, 5.74) is 8.17. The third-order valence-electron chi connectivity index (χ3n) is 2.18. The van der Waals surface area contributed by atoms with Crippen molar-refractivity contribution in [1.82, 2.24) is 0 Å². The first kappa shape index (κ1) is 16.4. The highest BCUT2D eigenvalue weighted by Crippen LogP contribution is 2.25. The van der Waals surface area contributed by atoms with Crippen LogP contribution >= 0.6 is 11.6 Å². The predicted molar refractivity (Wildman–Crippen MR) is 80.5 cm³/mol. The van der Waals surface area contributed by atoms with Crippen LogP contribution in [0.25, 0.3) is 0 Å². The van der Waals surface area contributed by atoms with Gasteiger partial charge in [0.1, 0.15) is 12.7 Å². The zero-order valence-electron chi connectivity index (χ0n) is 11.1. The van der Waals surface area contributed by atoms with E-state index < -0.39 is 5.84 Å². The molecule has 110 valence electrons. The van der Waals surface area contributed by atoms with Gasteiger partial charge < -0.3 is 15.8 Å². The number of benzene rings is 1. The number of carbonyl (C=O) groups is 1. The Morgan fingerprint density at radius 3 is 2.86 bits per heavy atom. The van der Waals surface area contributed by atoms with Gasteiger partial charge in [-0.3, -0.25) is 15.6 Å². The molecule has 21 heavy (non-hydrogen) atoms. The number of nitriles is 1. The number of amidine groups is 1. The first-order valence-corrected chi connectivity index (χ1v) is 6.02. The Bertz CT molecular complexity index is 623. The molecule has 0 unspecified atom stereocenters. The largest absolute Gasteiger partial charge is 0.382 e. The third kappa shape index (κ3) is 5.10. The van der Waals surface area contributed by atoms with Crippen LogP contribution in [-0.4, -0.2) is 31.2 Å². The average molecular weight is 309 g/mol. The quantitative estimate of drug-likeness (QED) is 0.355. The van der Waals surface area contributed by atoms with Crippen molar-refractivity contribution < 1.29 is 9.53 Å². The molecule has 5 N–H and O–H groups in total.